The standard InChI is InChI=1S/C20H32N6OS/c1-3-4-11-24(2)12-7-10-21-18(27)17-8-15-26(16-9-17)20-23-22-19(28-20)25-13-5-6-14-25/h5-6,13-14,17H,3-4,7-12,15-16H2,1-2H3,(H,21,27). The van der Waals surface area contributed by atoms with Crippen LogP contribution in [-0.2, 0) is 4.79 Å². The van der Waals surface area contributed by atoms with Gasteiger partial charge in [-0.3, -0.25) is 9.36 Å². The first kappa shape index (κ1) is 20.8. The van der Waals surface area contributed by atoms with Crippen LogP contribution in [0.5, 0.6) is 0 Å². The van der Waals surface area contributed by atoms with E-state index < -0.39 is 0 Å². The van der Waals surface area contributed by atoms with Crippen LogP contribution in [0.15, 0.2) is 24.5 Å². The van der Waals surface area contributed by atoms with Gasteiger partial charge in [0.2, 0.25) is 16.2 Å². The first-order valence-corrected chi connectivity index (χ1v) is 11.2. The third-order valence-corrected chi connectivity index (χ3v) is 6.27. The van der Waals surface area contributed by atoms with E-state index in [0.29, 0.717) is 0 Å². The molecule has 1 aliphatic heterocycles. The fraction of sp³-hybridized carbons (Fsp3) is 0.650. The van der Waals surface area contributed by atoms with Crippen molar-refractivity contribution in [1.82, 2.24) is 25.0 Å². The maximum Gasteiger partial charge on any atom is 0.223 e. The zero-order valence-electron chi connectivity index (χ0n) is 17.0. The second-order valence-corrected chi connectivity index (χ2v) is 8.45. The van der Waals surface area contributed by atoms with Crippen LogP contribution in [0.2, 0.25) is 0 Å². The van der Waals surface area contributed by atoms with Crippen molar-refractivity contribution in [3.63, 3.8) is 0 Å². The van der Waals surface area contributed by atoms with Gasteiger partial charge in [0.05, 0.1) is 0 Å². The molecule has 1 amide bonds. The molecule has 1 saturated heterocycles. The summed E-state index contributed by atoms with van der Waals surface area (Å²) in [6.07, 6.45) is 9.18. The highest BCUT2D eigenvalue weighted by molar-refractivity contribution is 7.17. The second-order valence-electron chi connectivity index (χ2n) is 7.52. The summed E-state index contributed by atoms with van der Waals surface area (Å²) in [5.41, 5.74) is 0. The van der Waals surface area contributed by atoms with Crippen LogP contribution in [0.1, 0.15) is 39.0 Å². The molecule has 2 aromatic rings. The number of amides is 1. The number of carbonyl (C=O) groups is 1. The lowest BCUT2D eigenvalue weighted by Gasteiger charge is -2.30. The zero-order valence-corrected chi connectivity index (χ0v) is 17.8. The molecule has 28 heavy (non-hydrogen) atoms. The third kappa shape index (κ3) is 5.78. The Kier molecular flexibility index (Phi) is 7.85. The minimum atomic E-state index is 0.117. The average Bonchev–Trinajstić information content (AvgIpc) is 3.41. The summed E-state index contributed by atoms with van der Waals surface area (Å²) in [6, 6.07) is 3.96. The van der Waals surface area contributed by atoms with Crippen LogP contribution in [0.4, 0.5) is 5.13 Å². The Balaban J connectivity index is 1.36. The molecular weight excluding hydrogens is 372 g/mol. The van der Waals surface area contributed by atoms with Gasteiger partial charge in [0.1, 0.15) is 0 Å². The van der Waals surface area contributed by atoms with Crippen LogP contribution in [0, 0.1) is 5.92 Å². The normalized spacial score (nSPS) is 15.3. The van der Waals surface area contributed by atoms with E-state index in [4.69, 9.17) is 0 Å². The second kappa shape index (κ2) is 10.6. The van der Waals surface area contributed by atoms with Crippen LogP contribution < -0.4 is 10.2 Å². The van der Waals surface area contributed by atoms with E-state index in [9.17, 15) is 4.79 Å². The Bertz CT molecular complexity index is 708. The number of rotatable bonds is 10. The molecule has 1 fully saturated rings. The van der Waals surface area contributed by atoms with Gasteiger partial charge >= 0.3 is 0 Å². The topological polar surface area (TPSA) is 66.3 Å². The smallest absolute Gasteiger partial charge is 0.223 e. The molecule has 3 heterocycles. The van der Waals surface area contributed by atoms with Gasteiger partial charge < -0.3 is 15.1 Å². The van der Waals surface area contributed by atoms with Crippen LogP contribution >= 0.6 is 11.3 Å². The molecule has 1 aliphatic rings. The molecular formula is C20H32N6OS. The molecule has 8 heteroatoms. The Morgan fingerprint density at radius 1 is 1.18 bits per heavy atom. The highest BCUT2D eigenvalue weighted by Gasteiger charge is 2.26. The summed E-state index contributed by atoms with van der Waals surface area (Å²) in [5, 5.41) is 13.6. The third-order valence-electron chi connectivity index (χ3n) is 5.27. The summed E-state index contributed by atoms with van der Waals surface area (Å²) < 4.78 is 1.97. The number of anilines is 1. The highest BCUT2D eigenvalue weighted by Crippen LogP contribution is 2.27. The van der Waals surface area contributed by atoms with Gasteiger partial charge in [-0.2, -0.15) is 0 Å². The van der Waals surface area contributed by atoms with E-state index in [-0.39, 0.29) is 11.8 Å². The number of aromatic nitrogens is 3. The Hall–Kier alpha value is -1.93. The number of nitrogens with one attached hydrogen (secondary N) is 1. The van der Waals surface area contributed by atoms with E-state index >= 15 is 0 Å². The van der Waals surface area contributed by atoms with Crippen LogP contribution in [0.25, 0.3) is 5.13 Å². The van der Waals surface area contributed by atoms with Gasteiger partial charge in [-0.15, -0.1) is 10.2 Å². The molecule has 0 aromatic carbocycles. The summed E-state index contributed by atoms with van der Waals surface area (Å²) >= 11 is 1.59. The zero-order chi connectivity index (χ0) is 19.8. The van der Waals surface area contributed by atoms with Gasteiger partial charge in [0, 0.05) is 37.9 Å². The largest absolute Gasteiger partial charge is 0.356 e. The Morgan fingerprint density at radius 3 is 2.57 bits per heavy atom. The summed E-state index contributed by atoms with van der Waals surface area (Å²) in [7, 11) is 2.16. The molecule has 1 N–H and O–H groups in total. The summed E-state index contributed by atoms with van der Waals surface area (Å²) in [6.45, 7) is 6.88. The van der Waals surface area contributed by atoms with Crippen molar-refractivity contribution >= 4 is 22.4 Å². The lowest BCUT2D eigenvalue weighted by molar-refractivity contribution is -0.125. The molecule has 0 radical (unpaired) electrons. The minimum Gasteiger partial charge on any atom is -0.356 e. The van der Waals surface area contributed by atoms with Crippen molar-refractivity contribution in [2.45, 2.75) is 39.0 Å². The Morgan fingerprint density at radius 2 is 1.86 bits per heavy atom. The van der Waals surface area contributed by atoms with Gasteiger partial charge in [0.15, 0.2) is 0 Å². The molecule has 0 spiro atoms. The minimum absolute atomic E-state index is 0.117. The van der Waals surface area contributed by atoms with Crippen molar-refractivity contribution in [1.29, 1.82) is 0 Å². The van der Waals surface area contributed by atoms with Crippen LogP contribution in [-0.4, -0.2) is 65.3 Å². The Labute approximate surface area is 171 Å². The number of piperidine rings is 1. The first-order valence-electron chi connectivity index (χ1n) is 10.4. The lowest BCUT2D eigenvalue weighted by Crippen LogP contribution is -2.41. The molecule has 154 valence electrons. The fourth-order valence-electron chi connectivity index (χ4n) is 3.48. The van der Waals surface area contributed by atoms with Gasteiger partial charge in [0.25, 0.3) is 0 Å². The summed E-state index contributed by atoms with van der Waals surface area (Å²) in [4.78, 5) is 17.0. The summed E-state index contributed by atoms with van der Waals surface area (Å²) in [5.74, 6) is 0.326. The quantitative estimate of drug-likeness (QED) is 0.617. The molecule has 0 unspecified atom stereocenters. The van der Waals surface area contributed by atoms with Gasteiger partial charge in [-0.05, 0) is 58.0 Å². The maximum absolute atomic E-state index is 12.4. The monoisotopic (exact) mass is 404 g/mol. The lowest BCUT2D eigenvalue weighted by atomic mass is 9.96. The van der Waals surface area contributed by atoms with E-state index in [1.54, 1.807) is 11.3 Å². The van der Waals surface area contributed by atoms with Crippen molar-refractivity contribution < 1.29 is 4.79 Å². The van der Waals surface area contributed by atoms with E-state index in [1.807, 2.05) is 29.1 Å². The predicted molar refractivity (Wildman–Crippen MR) is 114 cm³/mol. The molecule has 0 atom stereocenters. The molecule has 0 bridgehead atoms. The van der Waals surface area contributed by atoms with Gasteiger partial charge in [-0.1, -0.05) is 24.7 Å². The van der Waals surface area contributed by atoms with Crippen LogP contribution in [0.3, 0.4) is 0 Å². The van der Waals surface area contributed by atoms with Crippen molar-refractivity contribution in [2.75, 3.05) is 44.7 Å². The number of nitrogens with zero attached hydrogens (tertiary/aromatic N) is 5. The number of hydrogen-bond donors (Lipinski definition) is 1. The number of hydrogen-bond acceptors (Lipinski definition) is 6. The molecule has 3 rings (SSSR count). The SMILES string of the molecule is CCCCN(C)CCCNC(=O)C1CCN(c2nnc(-n3cccc3)s2)CC1. The van der Waals surface area contributed by atoms with E-state index in [0.717, 1.165) is 62.2 Å². The van der Waals surface area contributed by atoms with E-state index in [1.165, 1.54) is 12.8 Å². The fourth-order valence-corrected chi connectivity index (χ4v) is 4.35. The first-order chi connectivity index (χ1) is 13.7. The molecule has 0 aliphatic carbocycles. The molecule has 2 aromatic heterocycles. The van der Waals surface area contributed by atoms with Crippen molar-refractivity contribution in [2.24, 2.45) is 5.92 Å². The number of unbranched alkanes of at least 4 members (excludes halogenated alkanes) is 1. The van der Waals surface area contributed by atoms with E-state index in [2.05, 4.69) is 39.3 Å². The molecule has 0 saturated carbocycles. The maximum atomic E-state index is 12.4. The van der Waals surface area contributed by atoms with Crippen molar-refractivity contribution in [3.8, 4) is 5.13 Å². The average molecular weight is 405 g/mol. The predicted octanol–water partition coefficient (Wildman–Crippen LogP) is 2.78. The highest BCUT2D eigenvalue weighted by atomic mass is 32.1. The van der Waals surface area contributed by atoms with Crippen molar-refractivity contribution in [3.05, 3.63) is 24.5 Å². The van der Waals surface area contributed by atoms with Gasteiger partial charge in [-0.25, -0.2) is 0 Å². The molecule has 7 nitrogen and oxygen atoms in total. The number of carbonyl (C=O) groups excluding carboxylic acids is 1.